The third kappa shape index (κ3) is 3.13. The lowest BCUT2D eigenvalue weighted by molar-refractivity contribution is -0.141. The van der Waals surface area contributed by atoms with E-state index in [1.165, 1.54) is 11.5 Å². The first-order valence-corrected chi connectivity index (χ1v) is 6.72. The molecule has 7 heteroatoms. The summed E-state index contributed by atoms with van der Waals surface area (Å²) in [5, 5.41) is 0. The number of carbonyl (C=O) groups is 1. The van der Waals surface area contributed by atoms with E-state index in [2.05, 4.69) is 4.98 Å². The van der Waals surface area contributed by atoms with Crippen LogP contribution in [0.1, 0.15) is 41.6 Å². The molecule has 0 bridgehead atoms. The predicted molar refractivity (Wildman–Crippen MR) is 73.4 cm³/mol. The highest BCUT2D eigenvalue weighted by atomic mass is 19.4. The van der Waals surface area contributed by atoms with Crippen molar-refractivity contribution in [3.05, 3.63) is 53.6 Å². The number of hydrogen-bond acceptors (Lipinski definition) is 3. The summed E-state index contributed by atoms with van der Waals surface area (Å²) in [5.41, 5.74) is -1.04. The number of rotatable bonds is 4. The first-order valence-electron chi connectivity index (χ1n) is 6.72. The summed E-state index contributed by atoms with van der Waals surface area (Å²) in [7, 11) is 0. The van der Waals surface area contributed by atoms with Crippen LogP contribution in [0.4, 0.5) is 13.2 Å². The summed E-state index contributed by atoms with van der Waals surface area (Å²) in [6.07, 6.45) is -3.70. The number of nitrogens with zero attached hydrogens (tertiary/aromatic N) is 2. The van der Waals surface area contributed by atoms with Crippen molar-refractivity contribution in [2.45, 2.75) is 26.1 Å². The van der Waals surface area contributed by atoms with Crippen molar-refractivity contribution in [1.82, 2.24) is 9.55 Å². The van der Waals surface area contributed by atoms with Crippen molar-refractivity contribution in [2.24, 2.45) is 0 Å². The molecule has 118 valence electrons. The molecule has 1 atom stereocenters. The Morgan fingerprint density at radius 3 is 2.50 bits per heavy atom. The average molecular weight is 312 g/mol. The van der Waals surface area contributed by atoms with Gasteiger partial charge in [-0.2, -0.15) is 13.2 Å². The van der Waals surface area contributed by atoms with Gasteiger partial charge >= 0.3 is 12.1 Å². The van der Waals surface area contributed by atoms with Gasteiger partial charge in [-0.05, 0) is 19.4 Å². The standard InChI is InChI=1S/C15H15F3N2O2/c1-3-22-14(21)12-13(15(16,17)18)19-9-20(12)10(2)11-7-5-4-6-8-11/h4-10H,3H2,1-2H3/t10-/m1/s1. The number of hydrogen-bond donors (Lipinski definition) is 0. The highest BCUT2D eigenvalue weighted by molar-refractivity contribution is 5.89. The number of alkyl halides is 3. The molecule has 0 saturated heterocycles. The molecule has 0 saturated carbocycles. The molecule has 4 nitrogen and oxygen atoms in total. The molecule has 1 aromatic heterocycles. The number of halogens is 3. The Hall–Kier alpha value is -2.31. The van der Waals surface area contributed by atoms with Gasteiger partial charge in [0.2, 0.25) is 0 Å². The summed E-state index contributed by atoms with van der Waals surface area (Å²) < 4.78 is 45.1. The number of ether oxygens (including phenoxy) is 1. The van der Waals surface area contributed by atoms with E-state index in [0.717, 1.165) is 11.9 Å². The Balaban J connectivity index is 2.52. The van der Waals surface area contributed by atoms with Crippen LogP contribution < -0.4 is 0 Å². The topological polar surface area (TPSA) is 44.1 Å². The molecule has 0 aliphatic carbocycles. The lowest BCUT2D eigenvalue weighted by Crippen LogP contribution is -2.20. The molecule has 0 N–H and O–H groups in total. The van der Waals surface area contributed by atoms with Gasteiger partial charge in [0, 0.05) is 0 Å². The van der Waals surface area contributed by atoms with Crippen LogP contribution in [0.3, 0.4) is 0 Å². The normalized spacial score (nSPS) is 13.0. The van der Waals surface area contributed by atoms with Gasteiger partial charge in [0.1, 0.15) is 0 Å². The Kier molecular flexibility index (Phi) is 4.54. The Morgan fingerprint density at radius 1 is 1.32 bits per heavy atom. The van der Waals surface area contributed by atoms with Gasteiger partial charge in [-0.15, -0.1) is 0 Å². The van der Waals surface area contributed by atoms with E-state index in [9.17, 15) is 18.0 Å². The number of esters is 1. The van der Waals surface area contributed by atoms with E-state index in [0.29, 0.717) is 0 Å². The van der Waals surface area contributed by atoms with Crippen LogP contribution in [0, 0.1) is 0 Å². The van der Waals surface area contributed by atoms with E-state index in [1.54, 1.807) is 37.3 Å². The van der Waals surface area contributed by atoms with Crippen molar-refractivity contribution < 1.29 is 22.7 Å². The third-order valence-corrected chi connectivity index (χ3v) is 3.23. The molecule has 2 rings (SSSR count). The Bertz CT molecular complexity index is 651. The second kappa shape index (κ2) is 6.21. The van der Waals surface area contributed by atoms with Gasteiger partial charge in [0.05, 0.1) is 19.0 Å². The molecular weight excluding hydrogens is 297 g/mol. The molecule has 0 unspecified atom stereocenters. The summed E-state index contributed by atoms with van der Waals surface area (Å²) in [6.45, 7) is 3.22. The largest absolute Gasteiger partial charge is 0.461 e. The van der Waals surface area contributed by atoms with Crippen LogP contribution in [-0.2, 0) is 10.9 Å². The smallest absolute Gasteiger partial charge is 0.435 e. The zero-order valence-corrected chi connectivity index (χ0v) is 12.1. The number of imidazole rings is 1. The van der Waals surface area contributed by atoms with Crippen molar-refractivity contribution in [3.63, 3.8) is 0 Å². The summed E-state index contributed by atoms with van der Waals surface area (Å²) in [4.78, 5) is 15.3. The minimum absolute atomic E-state index is 0.0129. The fourth-order valence-corrected chi connectivity index (χ4v) is 2.16. The van der Waals surface area contributed by atoms with Crippen molar-refractivity contribution in [3.8, 4) is 0 Å². The zero-order chi connectivity index (χ0) is 16.3. The van der Waals surface area contributed by atoms with E-state index in [1.807, 2.05) is 0 Å². The number of benzene rings is 1. The van der Waals surface area contributed by atoms with Crippen molar-refractivity contribution in [2.75, 3.05) is 6.61 Å². The molecule has 0 spiro atoms. The summed E-state index contributed by atoms with van der Waals surface area (Å²) in [5.74, 6) is -1.03. The molecule has 0 fully saturated rings. The van der Waals surface area contributed by atoms with Crippen molar-refractivity contribution in [1.29, 1.82) is 0 Å². The Morgan fingerprint density at radius 2 is 1.95 bits per heavy atom. The highest BCUT2D eigenvalue weighted by Crippen LogP contribution is 2.33. The van der Waals surface area contributed by atoms with Gasteiger partial charge in [0.25, 0.3) is 0 Å². The molecule has 0 aliphatic rings. The predicted octanol–water partition coefficient (Wildman–Crippen LogP) is 3.69. The van der Waals surface area contributed by atoms with Crippen LogP contribution in [-0.4, -0.2) is 22.1 Å². The maximum atomic E-state index is 13.0. The molecule has 22 heavy (non-hydrogen) atoms. The molecule has 1 aromatic carbocycles. The molecule has 0 amide bonds. The fraction of sp³-hybridized carbons (Fsp3) is 0.333. The lowest BCUT2D eigenvalue weighted by Gasteiger charge is -2.17. The minimum atomic E-state index is -4.72. The van der Waals surface area contributed by atoms with Gasteiger partial charge in [-0.1, -0.05) is 30.3 Å². The molecule has 1 heterocycles. The average Bonchev–Trinajstić information content (AvgIpc) is 2.92. The van der Waals surface area contributed by atoms with Crippen molar-refractivity contribution >= 4 is 5.97 Å². The second-order valence-corrected chi connectivity index (χ2v) is 4.65. The van der Waals surface area contributed by atoms with E-state index >= 15 is 0 Å². The first-order chi connectivity index (χ1) is 10.4. The van der Waals surface area contributed by atoms with Crippen LogP contribution >= 0.6 is 0 Å². The van der Waals surface area contributed by atoms with E-state index in [-0.39, 0.29) is 6.61 Å². The molecule has 2 aromatic rings. The van der Waals surface area contributed by atoms with E-state index in [4.69, 9.17) is 4.74 Å². The molecule has 0 radical (unpaired) electrons. The highest BCUT2D eigenvalue weighted by Gasteiger charge is 2.41. The summed E-state index contributed by atoms with van der Waals surface area (Å²) >= 11 is 0. The van der Waals surface area contributed by atoms with Crippen LogP contribution in [0.15, 0.2) is 36.7 Å². The van der Waals surface area contributed by atoms with Gasteiger partial charge < -0.3 is 9.30 Å². The monoisotopic (exact) mass is 312 g/mol. The molecular formula is C15H15F3N2O2. The quantitative estimate of drug-likeness (QED) is 0.809. The SMILES string of the molecule is CCOC(=O)c1c(C(F)(F)F)ncn1[C@H](C)c1ccccc1. The Labute approximate surface area is 125 Å². The zero-order valence-electron chi connectivity index (χ0n) is 12.1. The second-order valence-electron chi connectivity index (χ2n) is 4.65. The van der Waals surface area contributed by atoms with Crippen LogP contribution in [0.25, 0.3) is 0 Å². The summed E-state index contributed by atoms with van der Waals surface area (Å²) in [6, 6.07) is 8.41. The maximum absolute atomic E-state index is 13.0. The number of aromatic nitrogens is 2. The lowest BCUT2D eigenvalue weighted by atomic mass is 10.1. The van der Waals surface area contributed by atoms with Gasteiger partial charge in [-0.3, -0.25) is 0 Å². The van der Waals surface area contributed by atoms with Gasteiger partial charge in [-0.25, -0.2) is 9.78 Å². The third-order valence-electron chi connectivity index (χ3n) is 3.23. The molecule has 0 aliphatic heterocycles. The van der Waals surface area contributed by atoms with E-state index < -0.39 is 29.6 Å². The first kappa shape index (κ1) is 16.1. The maximum Gasteiger partial charge on any atom is 0.435 e. The number of carbonyl (C=O) groups excluding carboxylic acids is 1. The van der Waals surface area contributed by atoms with Crippen LogP contribution in [0.5, 0.6) is 0 Å². The van der Waals surface area contributed by atoms with Gasteiger partial charge in [0.15, 0.2) is 11.4 Å². The minimum Gasteiger partial charge on any atom is -0.461 e. The van der Waals surface area contributed by atoms with Crippen LogP contribution in [0.2, 0.25) is 0 Å². The fourth-order valence-electron chi connectivity index (χ4n) is 2.16.